The molecule has 6 heteroatoms. The maximum Gasteiger partial charge on any atom is 0.354 e. The number of carbonyl (C=O) groups is 1. The molecule has 20 heavy (non-hydrogen) atoms. The van der Waals surface area contributed by atoms with E-state index in [0.29, 0.717) is 0 Å². The van der Waals surface area contributed by atoms with Gasteiger partial charge in [0.1, 0.15) is 16.4 Å². The van der Waals surface area contributed by atoms with Crippen LogP contribution in [0.15, 0.2) is 48.2 Å². The van der Waals surface area contributed by atoms with Crippen molar-refractivity contribution in [1.29, 1.82) is 0 Å². The lowest BCUT2D eigenvalue weighted by molar-refractivity contribution is 0.0690. The summed E-state index contributed by atoms with van der Waals surface area (Å²) < 4.78 is 0. The largest absolute Gasteiger partial charge is 0.477 e. The summed E-state index contributed by atoms with van der Waals surface area (Å²) in [4.78, 5) is 23.4. The van der Waals surface area contributed by atoms with Crippen LogP contribution in [-0.4, -0.2) is 26.0 Å². The summed E-state index contributed by atoms with van der Waals surface area (Å²) in [6.45, 7) is 0. The molecule has 0 amide bonds. The molecule has 98 valence electrons. The Bertz CT molecular complexity index is 757. The third kappa shape index (κ3) is 2.28. The molecule has 0 aliphatic rings. The molecule has 5 nitrogen and oxygen atoms in total. The first-order valence-electron chi connectivity index (χ1n) is 5.80. The Kier molecular flexibility index (Phi) is 3.22. The van der Waals surface area contributed by atoms with Gasteiger partial charge in [-0.1, -0.05) is 6.07 Å². The summed E-state index contributed by atoms with van der Waals surface area (Å²) in [5.41, 5.74) is 2.35. The SMILES string of the molecule is O=C(O)c1cc(-c2cccnc2-c2nccs2)ccn1. The van der Waals surface area contributed by atoms with Gasteiger partial charge in [-0.15, -0.1) is 11.3 Å². The smallest absolute Gasteiger partial charge is 0.354 e. The first-order chi connectivity index (χ1) is 9.75. The summed E-state index contributed by atoms with van der Waals surface area (Å²) >= 11 is 1.49. The van der Waals surface area contributed by atoms with Crippen molar-refractivity contribution in [1.82, 2.24) is 15.0 Å². The lowest BCUT2D eigenvalue weighted by Crippen LogP contribution is -2.00. The Balaban J connectivity index is 2.16. The van der Waals surface area contributed by atoms with Gasteiger partial charge in [0.2, 0.25) is 0 Å². The van der Waals surface area contributed by atoms with Crippen LogP contribution in [0.5, 0.6) is 0 Å². The molecule has 0 aliphatic carbocycles. The number of carboxylic acid groups (broad SMARTS) is 1. The Labute approximate surface area is 118 Å². The van der Waals surface area contributed by atoms with Gasteiger partial charge in [0.05, 0.1) is 0 Å². The number of thiazole rings is 1. The fourth-order valence-corrected chi connectivity index (χ4v) is 2.51. The van der Waals surface area contributed by atoms with Gasteiger partial charge in [-0.25, -0.2) is 14.8 Å². The van der Waals surface area contributed by atoms with E-state index in [2.05, 4.69) is 15.0 Å². The first kappa shape index (κ1) is 12.4. The third-order valence-corrected chi connectivity index (χ3v) is 3.51. The second kappa shape index (κ2) is 5.18. The molecule has 3 heterocycles. The van der Waals surface area contributed by atoms with Crippen LogP contribution in [0.2, 0.25) is 0 Å². The van der Waals surface area contributed by atoms with Crippen LogP contribution in [0, 0.1) is 0 Å². The van der Waals surface area contributed by atoms with E-state index >= 15 is 0 Å². The standard InChI is InChI=1S/C14H9N3O2S/c18-14(19)11-8-9(3-5-15-11)10-2-1-4-16-12(10)13-17-6-7-20-13/h1-8H,(H,18,19). The average molecular weight is 283 g/mol. The number of rotatable bonds is 3. The molecular weight excluding hydrogens is 274 g/mol. The molecule has 3 aromatic heterocycles. The summed E-state index contributed by atoms with van der Waals surface area (Å²) in [5, 5.41) is 11.7. The van der Waals surface area contributed by atoms with Crippen LogP contribution in [0.3, 0.4) is 0 Å². The lowest BCUT2D eigenvalue weighted by Gasteiger charge is -2.06. The third-order valence-electron chi connectivity index (χ3n) is 2.73. The monoisotopic (exact) mass is 283 g/mol. The van der Waals surface area contributed by atoms with Gasteiger partial charge in [0.25, 0.3) is 0 Å². The van der Waals surface area contributed by atoms with Gasteiger partial charge in [0, 0.05) is 29.5 Å². The molecule has 0 spiro atoms. The van der Waals surface area contributed by atoms with Gasteiger partial charge in [-0.05, 0) is 23.8 Å². The van der Waals surface area contributed by atoms with Crippen LogP contribution in [0.4, 0.5) is 0 Å². The van der Waals surface area contributed by atoms with Crippen LogP contribution in [0.1, 0.15) is 10.5 Å². The molecule has 1 N–H and O–H groups in total. The molecular formula is C14H9N3O2S. The maximum absolute atomic E-state index is 11.0. The number of aromatic nitrogens is 3. The van der Waals surface area contributed by atoms with Gasteiger partial charge in [-0.3, -0.25) is 4.98 Å². The Morgan fingerprint density at radius 1 is 1.10 bits per heavy atom. The van der Waals surface area contributed by atoms with Crippen molar-refractivity contribution in [3.05, 3.63) is 53.9 Å². The van der Waals surface area contributed by atoms with E-state index in [-0.39, 0.29) is 5.69 Å². The molecule has 3 rings (SSSR count). The maximum atomic E-state index is 11.0. The molecule has 0 atom stereocenters. The van der Waals surface area contributed by atoms with E-state index in [9.17, 15) is 4.79 Å². The minimum absolute atomic E-state index is 0.0106. The normalized spacial score (nSPS) is 10.4. The zero-order chi connectivity index (χ0) is 13.9. The second-order valence-corrected chi connectivity index (χ2v) is 4.87. The first-order valence-corrected chi connectivity index (χ1v) is 6.68. The zero-order valence-corrected chi connectivity index (χ0v) is 11.0. The highest BCUT2D eigenvalue weighted by Gasteiger charge is 2.12. The highest BCUT2D eigenvalue weighted by Crippen LogP contribution is 2.31. The van der Waals surface area contributed by atoms with Crippen molar-refractivity contribution in [2.45, 2.75) is 0 Å². The van der Waals surface area contributed by atoms with Gasteiger partial charge in [-0.2, -0.15) is 0 Å². The molecule has 0 saturated heterocycles. The predicted molar refractivity (Wildman–Crippen MR) is 75.5 cm³/mol. The average Bonchev–Trinajstić information content (AvgIpc) is 3.01. The van der Waals surface area contributed by atoms with Gasteiger partial charge < -0.3 is 5.11 Å². The van der Waals surface area contributed by atoms with E-state index in [1.807, 2.05) is 17.5 Å². The van der Waals surface area contributed by atoms with Crippen molar-refractivity contribution >= 4 is 17.3 Å². The zero-order valence-electron chi connectivity index (χ0n) is 10.2. The van der Waals surface area contributed by atoms with Crippen molar-refractivity contribution in [3.63, 3.8) is 0 Å². The van der Waals surface area contributed by atoms with Gasteiger partial charge in [0.15, 0.2) is 0 Å². The number of carboxylic acids is 1. The number of aromatic carboxylic acids is 1. The topological polar surface area (TPSA) is 76.0 Å². The van der Waals surface area contributed by atoms with Crippen molar-refractivity contribution in [2.24, 2.45) is 0 Å². The summed E-state index contributed by atoms with van der Waals surface area (Å²) in [7, 11) is 0. The number of hydrogen-bond donors (Lipinski definition) is 1. The van der Waals surface area contributed by atoms with Crippen LogP contribution >= 0.6 is 11.3 Å². The van der Waals surface area contributed by atoms with Crippen molar-refractivity contribution < 1.29 is 9.90 Å². The Hall–Kier alpha value is -2.60. The van der Waals surface area contributed by atoms with E-state index in [1.54, 1.807) is 18.5 Å². The quantitative estimate of drug-likeness (QED) is 0.799. The summed E-state index contributed by atoms with van der Waals surface area (Å²) in [6, 6.07) is 7.01. The van der Waals surface area contributed by atoms with E-state index in [4.69, 9.17) is 5.11 Å². The minimum atomic E-state index is -1.05. The molecule has 0 radical (unpaired) electrons. The van der Waals surface area contributed by atoms with E-state index in [0.717, 1.165) is 21.8 Å². The van der Waals surface area contributed by atoms with E-state index in [1.165, 1.54) is 23.6 Å². The molecule has 0 fully saturated rings. The molecule has 0 saturated carbocycles. The van der Waals surface area contributed by atoms with Crippen LogP contribution in [0.25, 0.3) is 21.8 Å². The Morgan fingerprint density at radius 3 is 2.75 bits per heavy atom. The second-order valence-electron chi connectivity index (χ2n) is 3.97. The van der Waals surface area contributed by atoms with Gasteiger partial charge >= 0.3 is 5.97 Å². The molecule has 3 aromatic rings. The molecule has 0 unspecified atom stereocenters. The molecule has 0 aliphatic heterocycles. The minimum Gasteiger partial charge on any atom is -0.477 e. The van der Waals surface area contributed by atoms with Crippen molar-refractivity contribution in [2.75, 3.05) is 0 Å². The Morgan fingerprint density at radius 2 is 2.00 bits per heavy atom. The molecule has 0 aromatic carbocycles. The number of nitrogens with zero attached hydrogens (tertiary/aromatic N) is 3. The van der Waals surface area contributed by atoms with Crippen LogP contribution < -0.4 is 0 Å². The van der Waals surface area contributed by atoms with E-state index < -0.39 is 5.97 Å². The number of pyridine rings is 2. The highest BCUT2D eigenvalue weighted by molar-refractivity contribution is 7.13. The predicted octanol–water partition coefficient (Wildman–Crippen LogP) is 2.97. The van der Waals surface area contributed by atoms with Crippen LogP contribution in [-0.2, 0) is 0 Å². The lowest BCUT2D eigenvalue weighted by atomic mass is 10.0. The summed E-state index contributed by atoms with van der Waals surface area (Å²) in [6.07, 6.45) is 4.89. The highest BCUT2D eigenvalue weighted by atomic mass is 32.1. The fraction of sp³-hybridized carbons (Fsp3) is 0. The van der Waals surface area contributed by atoms with Crippen molar-refractivity contribution in [3.8, 4) is 21.8 Å². The summed E-state index contributed by atoms with van der Waals surface area (Å²) in [5.74, 6) is -1.05. The molecule has 0 bridgehead atoms. The number of hydrogen-bond acceptors (Lipinski definition) is 5. The fourth-order valence-electron chi connectivity index (χ4n) is 1.86.